The Morgan fingerprint density at radius 3 is 2.27 bits per heavy atom. The van der Waals surface area contributed by atoms with Gasteiger partial charge in [-0.15, -0.1) is 0 Å². The van der Waals surface area contributed by atoms with Crippen LogP contribution in [0.3, 0.4) is 0 Å². The molecular weight excluding hydrogens is 520 g/mol. The molecule has 0 unspecified atom stereocenters. The highest BCUT2D eigenvalue weighted by molar-refractivity contribution is 5.71. The maximum Gasteiger partial charge on any atom is 0.508 e. The second-order valence-corrected chi connectivity index (χ2v) is 11.2. The zero-order chi connectivity index (χ0) is 28.6. The van der Waals surface area contributed by atoms with Crippen LogP contribution >= 0.6 is 0 Å². The molecule has 5 atom stereocenters. The van der Waals surface area contributed by atoms with Crippen molar-refractivity contribution in [2.45, 2.75) is 64.4 Å². The third-order valence-corrected chi connectivity index (χ3v) is 8.34. The Morgan fingerprint density at radius 2 is 1.56 bits per heavy atom. The Balaban J connectivity index is 1.10. The van der Waals surface area contributed by atoms with Crippen LogP contribution in [0.2, 0.25) is 0 Å². The lowest BCUT2D eigenvalue weighted by molar-refractivity contribution is -0.147. The number of aliphatic hydroxyl groups excluding tert-OH is 1. The van der Waals surface area contributed by atoms with Crippen molar-refractivity contribution in [2.24, 2.45) is 17.8 Å². The number of esters is 1. The van der Waals surface area contributed by atoms with Gasteiger partial charge in [-0.1, -0.05) is 72.8 Å². The molecule has 0 aromatic heterocycles. The normalized spacial score (nSPS) is 21.7. The van der Waals surface area contributed by atoms with Crippen molar-refractivity contribution in [1.82, 2.24) is 0 Å². The summed E-state index contributed by atoms with van der Waals surface area (Å²) in [6.45, 7) is 2.12. The van der Waals surface area contributed by atoms with Crippen LogP contribution in [0.25, 0.3) is 0 Å². The molecule has 0 radical (unpaired) electrons. The number of rotatable bonds is 11. The van der Waals surface area contributed by atoms with Crippen LogP contribution in [0.1, 0.15) is 48.4 Å². The van der Waals surface area contributed by atoms with E-state index in [0.717, 1.165) is 42.4 Å². The molecule has 41 heavy (non-hydrogen) atoms. The minimum absolute atomic E-state index is 0.136. The monoisotopic (exact) mass is 558 g/mol. The standard InChI is InChI=1S/C34H38O7/c1-23(41-34(37)40-21-25-11-6-3-7-12-25)15-16-28-29-17-26-13-8-14-32(30(26)18-27(29)19-31(28)35)38-22-33(36)39-20-24-9-4-2-5-10-24/h2-14,23,27-29,31,35H,15-22H2,1H3/t23-,27-,28+,29-,31+/m0/s1. The fourth-order valence-electron chi connectivity index (χ4n) is 6.26. The van der Waals surface area contributed by atoms with Gasteiger partial charge in [0.25, 0.3) is 0 Å². The summed E-state index contributed by atoms with van der Waals surface area (Å²) < 4.78 is 22.0. The zero-order valence-corrected chi connectivity index (χ0v) is 23.4. The van der Waals surface area contributed by atoms with E-state index in [4.69, 9.17) is 18.9 Å². The first-order valence-electron chi connectivity index (χ1n) is 14.4. The van der Waals surface area contributed by atoms with Gasteiger partial charge in [-0.25, -0.2) is 9.59 Å². The summed E-state index contributed by atoms with van der Waals surface area (Å²) in [5.41, 5.74) is 4.17. The number of aliphatic hydroxyl groups is 1. The van der Waals surface area contributed by atoms with Gasteiger partial charge in [-0.2, -0.15) is 0 Å². The smallest absolute Gasteiger partial charge is 0.482 e. The maximum absolute atomic E-state index is 12.3. The number of carbonyl (C=O) groups excluding carboxylic acids is 2. The first-order valence-corrected chi connectivity index (χ1v) is 14.4. The molecule has 1 N–H and O–H groups in total. The van der Waals surface area contributed by atoms with E-state index in [2.05, 4.69) is 6.07 Å². The first-order chi connectivity index (χ1) is 20.0. The van der Waals surface area contributed by atoms with E-state index in [1.807, 2.05) is 79.7 Å². The quantitative estimate of drug-likeness (QED) is 0.287. The summed E-state index contributed by atoms with van der Waals surface area (Å²) in [5, 5.41) is 11.0. The number of hydrogen-bond donors (Lipinski definition) is 1. The summed E-state index contributed by atoms with van der Waals surface area (Å²) >= 11 is 0. The van der Waals surface area contributed by atoms with Crippen LogP contribution in [0, 0.1) is 17.8 Å². The number of hydrogen-bond acceptors (Lipinski definition) is 7. The highest BCUT2D eigenvalue weighted by Gasteiger charge is 2.45. The molecule has 1 fully saturated rings. The predicted molar refractivity (Wildman–Crippen MR) is 153 cm³/mol. The van der Waals surface area contributed by atoms with Gasteiger partial charge in [0.1, 0.15) is 25.1 Å². The van der Waals surface area contributed by atoms with Crippen molar-refractivity contribution < 1.29 is 33.6 Å². The lowest BCUT2D eigenvalue weighted by atomic mass is 9.73. The Kier molecular flexibility index (Phi) is 9.57. The molecule has 2 aliphatic rings. The van der Waals surface area contributed by atoms with Crippen LogP contribution in [-0.4, -0.2) is 36.0 Å². The van der Waals surface area contributed by atoms with Crippen LogP contribution < -0.4 is 4.74 Å². The summed E-state index contributed by atoms with van der Waals surface area (Å²) in [4.78, 5) is 24.4. The molecule has 3 aromatic rings. The molecule has 0 spiro atoms. The minimum atomic E-state index is -0.672. The van der Waals surface area contributed by atoms with Gasteiger partial charge in [0.15, 0.2) is 6.61 Å². The highest BCUT2D eigenvalue weighted by Crippen LogP contribution is 2.48. The predicted octanol–water partition coefficient (Wildman–Crippen LogP) is 6.04. The van der Waals surface area contributed by atoms with Gasteiger partial charge in [0.2, 0.25) is 0 Å². The summed E-state index contributed by atoms with van der Waals surface area (Å²) in [7, 11) is 0. The summed E-state index contributed by atoms with van der Waals surface area (Å²) in [6.07, 6.45) is 2.45. The molecule has 2 aliphatic carbocycles. The zero-order valence-electron chi connectivity index (χ0n) is 23.4. The Hall–Kier alpha value is -3.84. The van der Waals surface area contributed by atoms with Crippen LogP contribution in [0.4, 0.5) is 4.79 Å². The molecule has 7 nitrogen and oxygen atoms in total. The number of ether oxygens (including phenoxy) is 4. The Bertz CT molecular complexity index is 1290. The molecule has 1 saturated carbocycles. The van der Waals surface area contributed by atoms with Crippen LogP contribution in [0.5, 0.6) is 5.75 Å². The third kappa shape index (κ3) is 7.67. The molecular formula is C34H38O7. The topological polar surface area (TPSA) is 91.3 Å². The molecule has 0 amide bonds. The van der Waals surface area contributed by atoms with Gasteiger partial charge in [0.05, 0.1) is 6.10 Å². The Morgan fingerprint density at radius 1 is 0.878 bits per heavy atom. The van der Waals surface area contributed by atoms with Crippen molar-refractivity contribution in [3.63, 3.8) is 0 Å². The lowest BCUT2D eigenvalue weighted by Gasteiger charge is -2.32. The van der Waals surface area contributed by atoms with Crippen LogP contribution in [0.15, 0.2) is 78.9 Å². The second-order valence-electron chi connectivity index (χ2n) is 11.2. The van der Waals surface area contributed by atoms with E-state index in [-0.39, 0.29) is 31.8 Å². The van der Waals surface area contributed by atoms with E-state index >= 15 is 0 Å². The average molecular weight is 559 g/mol. The van der Waals surface area contributed by atoms with Crippen molar-refractivity contribution in [1.29, 1.82) is 0 Å². The van der Waals surface area contributed by atoms with Gasteiger partial charge in [0, 0.05) is 0 Å². The minimum Gasteiger partial charge on any atom is -0.482 e. The molecule has 216 valence electrons. The largest absolute Gasteiger partial charge is 0.508 e. The van der Waals surface area contributed by atoms with Crippen LogP contribution in [-0.2, 0) is 45.1 Å². The second kappa shape index (κ2) is 13.7. The van der Waals surface area contributed by atoms with E-state index in [9.17, 15) is 14.7 Å². The van der Waals surface area contributed by atoms with Gasteiger partial charge >= 0.3 is 12.1 Å². The third-order valence-electron chi connectivity index (χ3n) is 8.34. The average Bonchev–Trinajstić information content (AvgIpc) is 3.30. The fourth-order valence-corrected chi connectivity index (χ4v) is 6.26. The van der Waals surface area contributed by atoms with Gasteiger partial charge in [-0.3, -0.25) is 0 Å². The Labute approximate surface area is 241 Å². The SMILES string of the molecule is C[C@@H](CC[C@@H]1[C@H]2Cc3cccc(OCC(=O)OCc4ccccc4)c3C[C@H]2C[C@H]1O)OC(=O)OCc1ccccc1. The fraction of sp³-hybridized carbons (Fsp3) is 0.412. The lowest BCUT2D eigenvalue weighted by Crippen LogP contribution is -2.28. The number of benzene rings is 3. The highest BCUT2D eigenvalue weighted by atomic mass is 16.7. The van der Waals surface area contributed by atoms with E-state index < -0.39 is 18.2 Å². The summed E-state index contributed by atoms with van der Waals surface area (Å²) in [5.74, 6) is 1.13. The van der Waals surface area contributed by atoms with Crippen molar-refractivity contribution in [3.8, 4) is 5.75 Å². The van der Waals surface area contributed by atoms with Crippen molar-refractivity contribution in [2.75, 3.05) is 6.61 Å². The van der Waals surface area contributed by atoms with Crippen molar-refractivity contribution in [3.05, 3.63) is 101 Å². The summed E-state index contributed by atoms with van der Waals surface area (Å²) in [6, 6.07) is 25.0. The van der Waals surface area contributed by atoms with E-state index in [0.29, 0.717) is 24.0 Å². The molecule has 0 heterocycles. The van der Waals surface area contributed by atoms with E-state index in [1.54, 1.807) is 0 Å². The molecule has 3 aromatic carbocycles. The molecule has 5 rings (SSSR count). The van der Waals surface area contributed by atoms with E-state index in [1.165, 1.54) is 5.56 Å². The number of carbonyl (C=O) groups is 2. The first kappa shape index (κ1) is 28.7. The molecule has 0 bridgehead atoms. The van der Waals surface area contributed by atoms with Gasteiger partial charge in [-0.05, 0) is 85.1 Å². The molecule has 0 aliphatic heterocycles. The van der Waals surface area contributed by atoms with Crippen molar-refractivity contribution >= 4 is 12.1 Å². The molecule has 7 heteroatoms. The molecule has 0 saturated heterocycles. The van der Waals surface area contributed by atoms with Gasteiger partial charge < -0.3 is 24.1 Å². The maximum atomic E-state index is 12.3. The number of fused-ring (bicyclic) bond motifs is 2.